The number of carbonyl (C=O) groups is 1. The largest absolute Gasteiger partial charge is 0.488 e. The maximum atomic E-state index is 13.5. The molecular weight excluding hydrogens is 425 g/mol. The van der Waals surface area contributed by atoms with E-state index in [0.29, 0.717) is 40.5 Å². The number of hydrogen-bond acceptors (Lipinski definition) is 4. The molecule has 4 nitrogen and oxygen atoms in total. The van der Waals surface area contributed by atoms with Crippen LogP contribution in [0.2, 0.25) is 0 Å². The zero-order chi connectivity index (χ0) is 22.2. The Bertz CT molecular complexity index is 1140. The minimum Gasteiger partial charge on any atom is -0.488 e. The molecule has 0 saturated heterocycles. The summed E-state index contributed by atoms with van der Waals surface area (Å²) in [6, 6.07) is 15.3. The van der Waals surface area contributed by atoms with Gasteiger partial charge in [0.15, 0.2) is 0 Å². The number of benzene rings is 2. The lowest BCUT2D eigenvalue weighted by Crippen LogP contribution is -2.32. The van der Waals surface area contributed by atoms with Crippen LogP contribution in [0.4, 0.5) is 18.9 Å². The van der Waals surface area contributed by atoms with Crippen molar-refractivity contribution < 1.29 is 22.7 Å². The van der Waals surface area contributed by atoms with Gasteiger partial charge in [-0.05, 0) is 41.8 Å². The molecule has 8 heteroatoms. The molecule has 0 radical (unpaired) electrons. The van der Waals surface area contributed by atoms with Crippen molar-refractivity contribution in [2.75, 3.05) is 11.4 Å². The van der Waals surface area contributed by atoms with Gasteiger partial charge in [-0.2, -0.15) is 13.2 Å². The summed E-state index contributed by atoms with van der Waals surface area (Å²) in [5, 5.41) is 0. The van der Waals surface area contributed by atoms with Crippen molar-refractivity contribution >= 4 is 22.9 Å². The van der Waals surface area contributed by atoms with Crippen LogP contribution in [0, 0.1) is 0 Å². The summed E-state index contributed by atoms with van der Waals surface area (Å²) in [6.07, 6.45) is -3.80. The summed E-state index contributed by atoms with van der Waals surface area (Å²) in [7, 11) is 0. The standard InChI is InChI=1S/C23H19F3N2O2S/c1-14(27)22(29)28-10-9-16-11-17(7-8-20(16)28)30-13-18-12-19(15-5-3-2-4-6-15)21(31-18)23(24,25)26/h2-8,11-12H,1,9-10,13,27H2. The zero-order valence-corrected chi connectivity index (χ0v) is 17.2. The highest BCUT2D eigenvalue weighted by atomic mass is 32.1. The van der Waals surface area contributed by atoms with Crippen molar-refractivity contribution in [1.29, 1.82) is 0 Å². The van der Waals surface area contributed by atoms with E-state index in [9.17, 15) is 18.0 Å². The summed E-state index contributed by atoms with van der Waals surface area (Å²) in [4.78, 5) is 13.5. The number of halogens is 3. The van der Waals surface area contributed by atoms with E-state index < -0.39 is 11.1 Å². The number of carbonyl (C=O) groups excluding carboxylic acids is 1. The third-order valence-electron chi connectivity index (χ3n) is 4.97. The number of nitrogens with zero attached hydrogens (tertiary/aromatic N) is 1. The van der Waals surface area contributed by atoms with Crippen LogP contribution in [0.25, 0.3) is 11.1 Å². The van der Waals surface area contributed by atoms with Gasteiger partial charge in [0.2, 0.25) is 0 Å². The van der Waals surface area contributed by atoms with Crippen LogP contribution in [0.1, 0.15) is 15.3 Å². The SMILES string of the molecule is C=C(N)C(=O)N1CCc2cc(OCc3cc(-c4ccccc4)c(C(F)(F)F)s3)ccc21. The Kier molecular flexibility index (Phi) is 5.49. The highest BCUT2D eigenvalue weighted by molar-refractivity contribution is 7.12. The monoisotopic (exact) mass is 444 g/mol. The van der Waals surface area contributed by atoms with Crippen molar-refractivity contribution in [3.8, 4) is 16.9 Å². The van der Waals surface area contributed by atoms with Crippen molar-refractivity contribution in [1.82, 2.24) is 0 Å². The maximum Gasteiger partial charge on any atom is 0.426 e. The first-order chi connectivity index (χ1) is 14.7. The number of anilines is 1. The van der Waals surface area contributed by atoms with Crippen LogP contribution in [0.3, 0.4) is 0 Å². The zero-order valence-electron chi connectivity index (χ0n) is 16.4. The third-order valence-corrected chi connectivity index (χ3v) is 6.13. The molecule has 1 aromatic heterocycles. The van der Waals surface area contributed by atoms with Crippen LogP contribution in [0.15, 0.2) is 66.9 Å². The molecule has 31 heavy (non-hydrogen) atoms. The lowest BCUT2D eigenvalue weighted by molar-refractivity contribution is -0.133. The Morgan fingerprint density at radius 1 is 1.16 bits per heavy atom. The fraction of sp³-hybridized carbons (Fsp3) is 0.174. The molecular formula is C23H19F3N2O2S. The van der Waals surface area contributed by atoms with Gasteiger partial charge in [0.25, 0.3) is 5.91 Å². The number of alkyl halides is 3. The molecule has 1 aliphatic rings. The second kappa shape index (κ2) is 8.11. The van der Waals surface area contributed by atoms with Gasteiger partial charge in [-0.25, -0.2) is 0 Å². The number of amides is 1. The van der Waals surface area contributed by atoms with Crippen molar-refractivity contribution in [3.05, 3.63) is 82.2 Å². The van der Waals surface area contributed by atoms with E-state index in [4.69, 9.17) is 10.5 Å². The molecule has 4 rings (SSSR count). The molecule has 160 valence electrons. The van der Waals surface area contributed by atoms with Gasteiger partial charge < -0.3 is 15.4 Å². The molecule has 1 aliphatic heterocycles. The second-order valence-corrected chi connectivity index (χ2v) is 8.27. The minimum atomic E-state index is -4.44. The Morgan fingerprint density at radius 3 is 2.58 bits per heavy atom. The average molecular weight is 444 g/mol. The summed E-state index contributed by atoms with van der Waals surface area (Å²) < 4.78 is 46.4. The highest BCUT2D eigenvalue weighted by Crippen LogP contribution is 2.43. The molecule has 0 atom stereocenters. The highest BCUT2D eigenvalue weighted by Gasteiger charge is 2.36. The first kappa shape index (κ1) is 21.0. The predicted octanol–water partition coefficient (Wildman–Crippen LogP) is 5.37. The van der Waals surface area contributed by atoms with E-state index in [2.05, 4.69) is 6.58 Å². The van der Waals surface area contributed by atoms with Crippen molar-refractivity contribution in [3.63, 3.8) is 0 Å². The van der Waals surface area contributed by atoms with Gasteiger partial charge in [-0.3, -0.25) is 4.79 Å². The van der Waals surface area contributed by atoms with Crippen LogP contribution < -0.4 is 15.4 Å². The Hall–Kier alpha value is -3.26. The summed E-state index contributed by atoms with van der Waals surface area (Å²) in [6.45, 7) is 3.99. The molecule has 2 aromatic carbocycles. The molecule has 2 heterocycles. The van der Waals surface area contributed by atoms with Gasteiger partial charge in [0, 0.05) is 22.7 Å². The molecule has 1 amide bonds. The van der Waals surface area contributed by atoms with Gasteiger partial charge in [-0.15, -0.1) is 11.3 Å². The summed E-state index contributed by atoms with van der Waals surface area (Å²) in [5.74, 6) is 0.196. The first-order valence-electron chi connectivity index (χ1n) is 9.51. The Morgan fingerprint density at radius 2 is 1.90 bits per heavy atom. The van der Waals surface area contributed by atoms with Crippen molar-refractivity contribution in [2.24, 2.45) is 5.73 Å². The normalized spacial score (nSPS) is 13.2. The number of nitrogens with two attached hydrogens (primary N) is 1. The maximum absolute atomic E-state index is 13.5. The molecule has 2 N–H and O–H groups in total. The van der Waals surface area contributed by atoms with Crippen molar-refractivity contribution in [2.45, 2.75) is 19.2 Å². The lowest BCUT2D eigenvalue weighted by Gasteiger charge is -2.17. The lowest BCUT2D eigenvalue weighted by atomic mass is 10.1. The fourth-order valence-electron chi connectivity index (χ4n) is 3.56. The molecule has 0 spiro atoms. The predicted molar refractivity (Wildman–Crippen MR) is 115 cm³/mol. The molecule has 0 unspecified atom stereocenters. The van der Waals surface area contributed by atoms with Gasteiger partial charge in [-0.1, -0.05) is 36.9 Å². The van der Waals surface area contributed by atoms with Crippen LogP contribution in [-0.4, -0.2) is 12.5 Å². The molecule has 0 fully saturated rings. The number of ether oxygens (including phenoxy) is 1. The third kappa shape index (κ3) is 4.29. The van der Waals surface area contributed by atoms with E-state index in [-0.39, 0.29) is 23.8 Å². The number of rotatable bonds is 5. The quantitative estimate of drug-likeness (QED) is 0.538. The Balaban J connectivity index is 1.53. The average Bonchev–Trinajstić information content (AvgIpc) is 3.36. The van der Waals surface area contributed by atoms with E-state index in [0.717, 1.165) is 11.3 Å². The number of hydrogen-bond donors (Lipinski definition) is 1. The van der Waals surface area contributed by atoms with Crippen LogP contribution >= 0.6 is 11.3 Å². The fourth-order valence-corrected chi connectivity index (χ4v) is 4.52. The van der Waals surface area contributed by atoms with Crippen LogP contribution in [0.5, 0.6) is 5.75 Å². The van der Waals surface area contributed by atoms with E-state index in [1.807, 2.05) is 0 Å². The molecule has 0 saturated carbocycles. The molecule has 3 aromatic rings. The molecule has 0 bridgehead atoms. The topological polar surface area (TPSA) is 55.6 Å². The van der Waals surface area contributed by atoms with Crippen LogP contribution in [-0.2, 0) is 24.0 Å². The second-order valence-electron chi connectivity index (χ2n) is 7.13. The summed E-state index contributed by atoms with van der Waals surface area (Å²) >= 11 is 0.687. The van der Waals surface area contributed by atoms with Gasteiger partial charge in [0.1, 0.15) is 17.2 Å². The number of thiophene rings is 1. The minimum absolute atomic E-state index is 0.0155. The smallest absolute Gasteiger partial charge is 0.426 e. The first-order valence-corrected chi connectivity index (χ1v) is 10.3. The van der Waals surface area contributed by atoms with E-state index in [1.165, 1.54) is 6.07 Å². The molecule has 0 aliphatic carbocycles. The number of fused-ring (bicyclic) bond motifs is 1. The van der Waals surface area contributed by atoms with Gasteiger partial charge >= 0.3 is 6.18 Å². The van der Waals surface area contributed by atoms with E-state index >= 15 is 0 Å². The van der Waals surface area contributed by atoms with E-state index in [1.54, 1.807) is 53.4 Å². The summed E-state index contributed by atoms with van der Waals surface area (Å²) in [5.41, 5.74) is 7.81. The Labute approximate surface area is 181 Å². The van der Waals surface area contributed by atoms with Gasteiger partial charge in [0.05, 0.1) is 5.70 Å².